The van der Waals surface area contributed by atoms with Crippen LogP contribution in [0.2, 0.25) is 0 Å². The highest BCUT2D eigenvalue weighted by atomic mass is 19.1. The van der Waals surface area contributed by atoms with Gasteiger partial charge in [0.25, 0.3) is 0 Å². The summed E-state index contributed by atoms with van der Waals surface area (Å²) in [5, 5.41) is 9.90. The van der Waals surface area contributed by atoms with Gasteiger partial charge in [0, 0.05) is 24.8 Å². The van der Waals surface area contributed by atoms with E-state index in [9.17, 15) is 9.18 Å². The summed E-state index contributed by atoms with van der Waals surface area (Å²) in [6, 6.07) is 5.97. The third kappa shape index (κ3) is 4.05. The fourth-order valence-electron chi connectivity index (χ4n) is 1.90. The molecule has 112 valence electrons. The van der Waals surface area contributed by atoms with Gasteiger partial charge in [-0.05, 0) is 19.9 Å². The topological polar surface area (TPSA) is 59.0 Å². The first-order valence-corrected chi connectivity index (χ1v) is 6.90. The first-order valence-electron chi connectivity index (χ1n) is 6.90. The summed E-state index contributed by atoms with van der Waals surface area (Å²) in [5.74, 6) is -0.509. The average Bonchev–Trinajstić information content (AvgIpc) is 2.93. The Balaban J connectivity index is 1.86. The number of aromatic nitrogens is 2. The molecular weight excluding hydrogens is 271 g/mol. The zero-order chi connectivity index (χ0) is 15.2. The summed E-state index contributed by atoms with van der Waals surface area (Å²) in [7, 11) is 0. The van der Waals surface area contributed by atoms with Crippen LogP contribution in [0, 0.1) is 5.82 Å². The van der Waals surface area contributed by atoms with Crippen LogP contribution in [-0.4, -0.2) is 21.7 Å². The number of halogens is 1. The molecule has 1 aromatic heterocycles. The molecule has 0 spiro atoms. The van der Waals surface area contributed by atoms with Crippen LogP contribution >= 0.6 is 0 Å². The van der Waals surface area contributed by atoms with Crippen LogP contribution in [0.1, 0.15) is 19.4 Å². The highest BCUT2D eigenvalue weighted by Gasteiger charge is 2.13. The molecule has 21 heavy (non-hydrogen) atoms. The average molecular weight is 290 g/mol. The lowest BCUT2D eigenvalue weighted by molar-refractivity contribution is -0.121. The Kier molecular flexibility index (Phi) is 4.92. The second-order valence-corrected chi connectivity index (χ2v) is 4.76. The first-order chi connectivity index (χ1) is 10.1. The van der Waals surface area contributed by atoms with Crippen molar-refractivity contribution in [3.8, 4) is 0 Å². The normalized spacial score (nSPS) is 12.0. The fourth-order valence-corrected chi connectivity index (χ4v) is 1.90. The van der Waals surface area contributed by atoms with E-state index >= 15 is 0 Å². The number of benzene rings is 1. The number of aryl methyl sites for hydroxylation is 1. The van der Waals surface area contributed by atoms with E-state index in [-0.39, 0.29) is 18.3 Å². The molecule has 0 aliphatic carbocycles. The first kappa shape index (κ1) is 15.0. The summed E-state index contributed by atoms with van der Waals surface area (Å²) < 4.78 is 15.2. The number of hydrogen-bond donors (Lipinski definition) is 2. The molecule has 2 N–H and O–H groups in total. The summed E-state index contributed by atoms with van der Waals surface area (Å²) in [6.45, 7) is 4.68. The third-order valence-electron chi connectivity index (χ3n) is 3.14. The van der Waals surface area contributed by atoms with Crippen molar-refractivity contribution in [1.29, 1.82) is 0 Å². The Morgan fingerprint density at radius 3 is 2.86 bits per heavy atom. The number of anilines is 1. The van der Waals surface area contributed by atoms with E-state index in [1.165, 1.54) is 6.07 Å². The maximum atomic E-state index is 13.5. The van der Waals surface area contributed by atoms with E-state index < -0.39 is 6.04 Å². The third-order valence-corrected chi connectivity index (χ3v) is 3.14. The largest absolute Gasteiger partial charge is 0.371 e. The lowest BCUT2D eigenvalue weighted by Crippen LogP contribution is -2.37. The molecule has 1 atom stereocenters. The monoisotopic (exact) mass is 290 g/mol. The summed E-state index contributed by atoms with van der Waals surface area (Å²) in [6.07, 6.45) is 3.50. The fraction of sp³-hybridized carbons (Fsp3) is 0.333. The summed E-state index contributed by atoms with van der Waals surface area (Å²) in [5.41, 5.74) is 1.25. The number of hydrogen-bond acceptors (Lipinski definition) is 3. The molecule has 6 heteroatoms. The molecule has 2 aromatic rings. The number of rotatable bonds is 6. The van der Waals surface area contributed by atoms with Gasteiger partial charge in [-0.25, -0.2) is 4.39 Å². The minimum Gasteiger partial charge on any atom is -0.371 e. The Hall–Kier alpha value is -2.37. The molecule has 0 saturated heterocycles. The molecule has 0 saturated carbocycles. The molecule has 5 nitrogen and oxygen atoms in total. The van der Waals surface area contributed by atoms with Gasteiger partial charge in [-0.15, -0.1) is 0 Å². The molecule has 0 fully saturated rings. The van der Waals surface area contributed by atoms with Gasteiger partial charge in [-0.2, -0.15) is 5.10 Å². The number of amides is 1. The second kappa shape index (κ2) is 6.88. The highest BCUT2D eigenvalue weighted by molar-refractivity contribution is 5.84. The van der Waals surface area contributed by atoms with Crippen molar-refractivity contribution in [2.24, 2.45) is 0 Å². The Labute approximate surface area is 123 Å². The number of nitrogens with zero attached hydrogens (tertiary/aromatic N) is 2. The Morgan fingerprint density at radius 2 is 2.19 bits per heavy atom. The van der Waals surface area contributed by atoms with E-state index in [0.717, 1.165) is 12.2 Å². The van der Waals surface area contributed by atoms with Crippen molar-refractivity contribution in [3.05, 3.63) is 48.0 Å². The molecule has 1 aromatic carbocycles. The molecule has 0 radical (unpaired) electrons. The SMILES string of the molecule is CCn1cc(N[C@H](C)C(=O)NCc2ccccc2F)cn1. The summed E-state index contributed by atoms with van der Waals surface area (Å²) in [4.78, 5) is 12.0. The van der Waals surface area contributed by atoms with Crippen LogP contribution in [0.15, 0.2) is 36.7 Å². The molecule has 0 aliphatic heterocycles. The van der Waals surface area contributed by atoms with Gasteiger partial charge in [0.1, 0.15) is 11.9 Å². The number of nitrogens with one attached hydrogen (secondary N) is 2. The lowest BCUT2D eigenvalue weighted by Gasteiger charge is -2.14. The molecular formula is C15H19FN4O. The van der Waals surface area contributed by atoms with Gasteiger partial charge >= 0.3 is 0 Å². The minimum atomic E-state index is -0.425. The molecule has 2 rings (SSSR count). The van der Waals surface area contributed by atoms with Crippen LogP contribution in [0.25, 0.3) is 0 Å². The summed E-state index contributed by atoms with van der Waals surface area (Å²) >= 11 is 0. The zero-order valence-electron chi connectivity index (χ0n) is 12.1. The molecule has 0 bridgehead atoms. The quantitative estimate of drug-likeness (QED) is 0.857. The van der Waals surface area contributed by atoms with Crippen molar-refractivity contribution in [1.82, 2.24) is 15.1 Å². The van der Waals surface area contributed by atoms with Crippen LogP contribution in [0.3, 0.4) is 0 Å². The maximum absolute atomic E-state index is 13.5. The highest BCUT2D eigenvalue weighted by Crippen LogP contribution is 2.08. The van der Waals surface area contributed by atoms with Crippen molar-refractivity contribution in [2.75, 3.05) is 5.32 Å². The van der Waals surface area contributed by atoms with Gasteiger partial charge in [-0.3, -0.25) is 9.48 Å². The van der Waals surface area contributed by atoms with E-state index in [2.05, 4.69) is 15.7 Å². The lowest BCUT2D eigenvalue weighted by atomic mass is 10.2. The predicted octanol–water partition coefficient (Wildman–Crippen LogP) is 2.16. The van der Waals surface area contributed by atoms with Crippen molar-refractivity contribution in [2.45, 2.75) is 33.0 Å². The molecule has 1 heterocycles. The maximum Gasteiger partial charge on any atom is 0.242 e. The minimum absolute atomic E-state index is 0.172. The van der Waals surface area contributed by atoms with Crippen LogP contribution in [-0.2, 0) is 17.9 Å². The standard InChI is InChI=1S/C15H19FN4O/c1-3-20-10-13(9-18-20)19-11(2)15(21)17-8-12-6-4-5-7-14(12)16/h4-7,9-11,19H,3,8H2,1-2H3,(H,17,21)/t11-/m1/s1. The molecule has 0 unspecified atom stereocenters. The van der Waals surface area contributed by atoms with E-state index in [4.69, 9.17) is 0 Å². The van der Waals surface area contributed by atoms with Crippen molar-refractivity contribution < 1.29 is 9.18 Å². The van der Waals surface area contributed by atoms with E-state index in [0.29, 0.717) is 5.56 Å². The van der Waals surface area contributed by atoms with Crippen LogP contribution in [0.5, 0.6) is 0 Å². The van der Waals surface area contributed by atoms with Gasteiger partial charge in [-0.1, -0.05) is 18.2 Å². The smallest absolute Gasteiger partial charge is 0.242 e. The molecule has 0 aliphatic rings. The van der Waals surface area contributed by atoms with Crippen LogP contribution < -0.4 is 10.6 Å². The van der Waals surface area contributed by atoms with Gasteiger partial charge < -0.3 is 10.6 Å². The predicted molar refractivity (Wildman–Crippen MR) is 79.2 cm³/mol. The zero-order valence-corrected chi connectivity index (χ0v) is 12.1. The van der Waals surface area contributed by atoms with Crippen molar-refractivity contribution >= 4 is 11.6 Å². The van der Waals surface area contributed by atoms with Gasteiger partial charge in [0.15, 0.2) is 0 Å². The number of carbonyl (C=O) groups is 1. The van der Waals surface area contributed by atoms with Gasteiger partial charge in [0.2, 0.25) is 5.91 Å². The number of carbonyl (C=O) groups excluding carboxylic acids is 1. The van der Waals surface area contributed by atoms with Crippen LogP contribution in [0.4, 0.5) is 10.1 Å². The molecule has 1 amide bonds. The Bertz CT molecular complexity index is 611. The van der Waals surface area contributed by atoms with E-state index in [1.54, 1.807) is 36.0 Å². The van der Waals surface area contributed by atoms with E-state index in [1.807, 2.05) is 13.1 Å². The second-order valence-electron chi connectivity index (χ2n) is 4.76. The van der Waals surface area contributed by atoms with Crippen molar-refractivity contribution in [3.63, 3.8) is 0 Å². The van der Waals surface area contributed by atoms with Gasteiger partial charge in [0.05, 0.1) is 11.9 Å². The Morgan fingerprint density at radius 1 is 1.43 bits per heavy atom.